The van der Waals surface area contributed by atoms with Gasteiger partial charge in [-0.25, -0.2) is 4.79 Å². The van der Waals surface area contributed by atoms with Gasteiger partial charge in [0.15, 0.2) is 0 Å². The number of benzene rings is 3. The molecule has 0 fully saturated rings. The summed E-state index contributed by atoms with van der Waals surface area (Å²) in [6.07, 6.45) is 0. The highest BCUT2D eigenvalue weighted by Gasteiger charge is 2.17. The summed E-state index contributed by atoms with van der Waals surface area (Å²) >= 11 is 3.39. The van der Waals surface area contributed by atoms with E-state index in [1.165, 1.54) is 0 Å². The van der Waals surface area contributed by atoms with Crippen molar-refractivity contribution < 1.29 is 14.3 Å². The molecule has 0 aliphatic carbocycles. The van der Waals surface area contributed by atoms with Crippen LogP contribution < -0.4 is 9.47 Å². The zero-order valence-electron chi connectivity index (χ0n) is 13.7. The van der Waals surface area contributed by atoms with Crippen LogP contribution in [0, 0.1) is 0 Å². The van der Waals surface area contributed by atoms with E-state index >= 15 is 0 Å². The second-order valence-electron chi connectivity index (χ2n) is 5.33. The maximum atomic E-state index is 12.7. The smallest absolute Gasteiger partial charge is 0.347 e. The highest BCUT2D eigenvalue weighted by Crippen LogP contribution is 2.31. The lowest BCUT2D eigenvalue weighted by atomic mass is 10.0. The molecule has 3 aromatic carbocycles. The average molecular weight is 397 g/mol. The zero-order valence-corrected chi connectivity index (χ0v) is 15.3. The number of hydrogen-bond acceptors (Lipinski definition) is 3. The standard InChI is InChI=1S/C21H17BrO3/c1-2-24-19-13-12-16(22)14-18(19)21(23)25-20-11-7-6-10-17(20)15-8-4-3-5-9-15/h3-14H,2H2,1H3. The Balaban J connectivity index is 1.94. The Kier molecular flexibility index (Phi) is 5.51. The lowest BCUT2D eigenvalue weighted by molar-refractivity contribution is 0.0731. The van der Waals surface area contributed by atoms with Crippen molar-refractivity contribution in [2.24, 2.45) is 0 Å². The largest absolute Gasteiger partial charge is 0.493 e. The fourth-order valence-electron chi connectivity index (χ4n) is 2.51. The van der Waals surface area contributed by atoms with Gasteiger partial charge >= 0.3 is 5.97 Å². The Labute approximate surface area is 155 Å². The van der Waals surface area contributed by atoms with Crippen LogP contribution in [0.25, 0.3) is 11.1 Å². The highest BCUT2D eigenvalue weighted by atomic mass is 79.9. The fraction of sp³-hybridized carbons (Fsp3) is 0.0952. The van der Waals surface area contributed by atoms with Gasteiger partial charge in [0, 0.05) is 10.0 Å². The van der Waals surface area contributed by atoms with Crippen molar-refractivity contribution >= 4 is 21.9 Å². The van der Waals surface area contributed by atoms with E-state index in [4.69, 9.17) is 9.47 Å². The number of rotatable bonds is 5. The average Bonchev–Trinajstić information content (AvgIpc) is 2.64. The molecule has 0 saturated carbocycles. The van der Waals surface area contributed by atoms with Gasteiger partial charge < -0.3 is 9.47 Å². The molecule has 3 nitrogen and oxygen atoms in total. The van der Waals surface area contributed by atoms with Crippen LogP contribution in [-0.2, 0) is 0 Å². The summed E-state index contributed by atoms with van der Waals surface area (Å²) < 4.78 is 12.0. The summed E-state index contributed by atoms with van der Waals surface area (Å²) in [6, 6.07) is 22.6. The normalized spacial score (nSPS) is 10.3. The third kappa shape index (κ3) is 4.09. The van der Waals surface area contributed by atoms with Gasteiger partial charge in [-0.15, -0.1) is 0 Å². The number of carbonyl (C=O) groups is 1. The first-order valence-electron chi connectivity index (χ1n) is 7.98. The van der Waals surface area contributed by atoms with Crippen LogP contribution in [0.4, 0.5) is 0 Å². The van der Waals surface area contributed by atoms with Crippen LogP contribution in [0.1, 0.15) is 17.3 Å². The van der Waals surface area contributed by atoms with Crippen LogP contribution in [0.2, 0.25) is 0 Å². The van der Waals surface area contributed by atoms with Crippen molar-refractivity contribution in [3.8, 4) is 22.6 Å². The number of halogens is 1. The second-order valence-corrected chi connectivity index (χ2v) is 6.24. The number of esters is 1. The molecule has 0 amide bonds. The van der Waals surface area contributed by atoms with E-state index in [9.17, 15) is 4.79 Å². The van der Waals surface area contributed by atoms with Crippen LogP contribution in [0.15, 0.2) is 77.3 Å². The Morgan fingerprint density at radius 3 is 2.40 bits per heavy atom. The van der Waals surface area contributed by atoms with Crippen molar-refractivity contribution in [3.63, 3.8) is 0 Å². The minimum atomic E-state index is -0.451. The van der Waals surface area contributed by atoms with Gasteiger partial charge in [-0.05, 0) is 36.8 Å². The van der Waals surface area contributed by atoms with E-state index < -0.39 is 5.97 Å². The van der Waals surface area contributed by atoms with Crippen LogP contribution in [-0.4, -0.2) is 12.6 Å². The van der Waals surface area contributed by atoms with E-state index in [0.29, 0.717) is 23.7 Å². The van der Waals surface area contributed by atoms with Crippen molar-refractivity contribution in [2.45, 2.75) is 6.92 Å². The molecule has 0 radical (unpaired) electrons. The van der Waals surface area contributed by atoms with Crippen molar-refractivity contribution in [2.75, 3.05) is 6.61 Å². The molecule has 0 aliphatic rings. The van der Waals surface area contributed by atoms with Crippen molar-refractivity contribution in [3.05, 3.63) is 82.8 Å². The molecular formula is C21H17BrO3. The van der Waals surface area contributed by atoms with Crippen molar-refractivity contribution in [1.82, 2.24) is 0 Å². The van der Waals surface area contributed by atoms with Gasteiger partial charge in [-0.1, -0.05) is 64.5 Å². The minimum Gasteiger partial charge on any atom is -0.493 e. The number of hydrogen-bond donors (Lipinski definition) is 0. The second kappa shape index (κ2) is 7.99. The monoisotopic (exact) mass is 396 g/mol. The zero-order chi connectivity index (χ0) is 17.6. The Hall–Kier alpha value is -2.59. The predicted octanol–water partition coefficient (Wildman–Crippen LogP) is 5.73. The third-order valence-corrected chi connectivity index (χ3v) is 4.13. The lowest BCUT2D eigenvalue weighted by Crippen LogP contribution is -2.11. The van der Waals surface area contributed by atoms with Gasteiger partial charge in [0.1, 0.15) is 17.1 Å². The Morgan fingerprint density at radius 2 is 1.64 bits per heavy atom. The van der Waals surface area contributed by atoms with Gasteiger partial charge in [0.2, 0.25) is 0 Å². The van der Waals surface area contributed by atoms with Gasteiger partial charge in [0.25, 0.3) is 0 Å². The molecule has 126 valence electrons. The SMILES string of the molecule is CCOc1ccc(Br)cc1C(=O)Oc1ccccc1-c1ccccc1. The molecule has 0 aliphatic heterocycles. The first-order chi connectivity index (χ1) is 12.2. The fourth-order valence-corrected chi connectivity index (χ4v) is 2.87. The van der Waals surface area contributed by atoms with Crippen LogP contribution >= 0.6 is 15.9 Å². The first kappa shape index (κ1) is 17.2. The molecule has 0 heterocycles. The topological polar surface area (TPSA) is 35.5 Å². The van der Waals surface area contributed by atoms with Crippen LogP contribution in [0.5, 0.6) is 11.5 Å². The number of para-hydroxylation sites is 1. The summed E-state index contributed by atoms with van der Waals surface area (Å²) in [4.78, 5) is 12.7. The van der Waals surface area contributed by atoms with Crippen LogP contribution in [0.3, 0.4) is 0 Å². The molecular weight excluding hydrogens is 380 g/mol. The minimum absolute atomic E-state index is 0.388. The van der Waals surface area contributed by atoms with Gasteiger partial charge in [-0.2, -0.15) is 0 Å². The molecule has 0 N–H and O–H groups in total. The maximum absolute atomic E-state index is 12.7. The summed E-state index contributed by atoms with van der Waals surface area (Å²) in [5.74, 6) is 0.571. The summed E-state index contributed by atoms with van der Waals surface area (Å²) in [5, 5.41) is 0. The lowest BCUT2D eigenvalue weighted by Gasteiger charge is -2.13. The third-order valence-electron chi connectivity index (χ3n) is 3.64. The Bertz CT molecular complexity index is 875. The number of ether oxygens (including phenoxy) is 2. The number of carbonyl (C=O) groups excluding carboxylic acids is 1. The summed E-state index contributed by atoms with van der Waals surface area (Å²) in [6.45, 7) is 2.35. The summed E-state index contributed by atoms with van der Waals surface area (Å²) in [7, 11) is 0. The first-order valence-corrected chi connectivity index (χ1v) is 8.77. The van der Waals surface area contributed by atoms with E-state index in [0.717, 1.165) is 15.6 Å². The summed E-state index contributed by atoms with van der Waals surface area (Å²) in [5.41, 5.74) is 2.24. The predicted molar refractivity (Wildman–Crippen MR) is 102 cm³/mol. The molecule has 0 bridgehead atoms. The van der Waals surface area contributed by atoms with E-state index in [-0.39, 0.29) is 0 Å². The molecule has 0 saturated heterocycles. The van der Waals surface area contributed by atoms with Gasteiger partial charge in [0.05, 0.1) is 6.61 Å². The molecule has 0 spiro atoms. The molecule has 0 aromatic heterocycles. The maximum Gasteiger partial charge on any atom is 0.347 e. The molecule has 3 aromatic rings. The molecule has 4 heteroatoms. The van der Waals surface area contributed by atoms with E-state index in [1.807, 2.05) is 61.5 Å². The van der Waals surface area contributed by atoms with E-state index in [1.54, 1.807) is 18.2 Å². The highest BCUT2D eigenvalue weighted by molar-refractivity contribution is 9.10. The quantitative estimate of drug-likeness (QED) is 0.407. The van der Waals surface area contributed by atoms with Crippen molar-refractivity contribution in [1.29, 1.82) is 0 Å². The molecule has 0 atom stereocenters. The molecule has 0 unspecified atom stereocenters. The van der Waals surface area contributed by atoms with Gasteiger partial charge in [-0.3, -0.25) is 0 Å². The molecule has 3 rings (SSSR count). The molecule has 25 heavy (non-hydrogen) atoms. The van der Waals surface area contributed by atoms with E-state index in [2.05, 4.69) is 15.9 Å². The Morgan fingerprint density at radius 1 is 0.920 bits per heavy atom.